The molecule has 1 fully saturated rings. The number of rotatable bonds is 3. The van der Waals surface area contributed by atoms with E-state index < -0.39 is 0 Å². The molecular formula is C20H20ClN5O. The number of nitrogens with zero attached hydrogens (tertiary/aromatic N) is 3. The lowest BCUT2D eigenvalue weighted by molar-refractivity contribution is 0.477. The minimum atomic E-state index is 0. The molecule has 0 aliphatic carbocycles. The van der Waals surface area contributed by atoms with Crippen molar-refractivity contribution in [1.29, 1.82) is 0 Å². The van der Waals surface area contributed by atoms with Crippen molar-refractivity contribution in [3.05, 3.63) is 54.5 Å². The summed E-state index contributed by atoms with van der Waals surface area (Å²) in [4.78, 5) is 0. The summed E-state index contributed by atoms with van der Waals surface area (Å²) < 4.78 is 0. The van der Waals surface area contributed by atoms with Gasteiger partial charge in [-0.05, 0) is 54.7 Å². The Labute approximate surface area is 163 Å². The number of phenols is 1. The molecule has 27 heavy (non-hydrogen) atoms. The van der Waals surface area contributed by atoms with Crippen LogP contribution in [0.5, 0.6) is 5.75 Å². The standard InChI is InChI=1S/C20H19N5O.ClH/c26-20-9-12(14-10-21-22-11-14)1-4-17(20)19-6-5-18(24-25-19)13-7-15-2-3-16(8-13)23-15;/h1,4-7,9-11,15-16,23,26H,2-3,8H2,(H,21,22);1H. The van der Waals surface area contributed by atoms with Crippen LogP contribution in [0.3, 0.4) is 0 Å². The molecular weight excluding hydrogens is 362 g/mol. The molecule has 5 rings (SSSR count). The molecule has 1 saturated heterocycles. The summed E-state index contributed by atoms with van der Waals surface area (Å²) in [5.41, 5.74) is 5.38. The number of aromatic nitrogens is 4. The predicted octanol–water partition coefficient (Wildman–Crippen LogP) is 3.57. The number of halogens is 1. The molecule has 2 aromatic heterocycles. The molecule has 0 spiro atoms. The van der Waals surface area contributed by atoms with E-state index in [2.05, 4.69) is 31.8 Å². The van der Waals surface area contributed by atoms with Crippen LogP contribution >= 0.6 is 12.4 Å². The van der Waals surface area contributed by atoms with E-state index in [0.29, 0.717) is 23.3 Å². The fourth-order valence-corrected chi connectivity index (χ4v) is 3.89. The van der Waals surface area contributed by atoms with Crippen LogP contribution < -0.4 is 5.32 Å². The quantitative estimate of drug-likeness (QED) is 0.645. The van der Waals surface area contributed by atoms with Gasteiger partial charge in [0, 0.05) is 29.4 Å². The minimum absolute atomic E-state index is 0. The van der Waals surface area contributed by atoms with Crippen LogP contribution in [0.2, 0.25) is 0 Å². The highest BCUT2D eigenvalue weighted by Gasteiger charge is 2.28. The van der Waals surface area contributed by atoms with Gasteiger partial charge >= 0.3 is 0 Å². The van der Waals surface area contributed by atoms with Crippen LogP contribution in [-0.4, -0.2) is 37.6 Å². The summed E-state index contributed by atoms with van der Waals surface area (Å²) in [6, 6.07) is 10.5. The lowest BCUT2D eigenvalue weighted by Gasteiger charge is -2.20. The summed E-state index contributed by atoms with van der Waals surface area (Å²) in [6.45, 7) is 0. The van der Waals surface area contributed by atoms with E-state index in [-0.39, 0.29) is 18.2 Å². The lowest BCUT2D eigenvalue weighted by atomic mass is 9.99. The van der Waals surface area contributed by atoms with Gasteiger partial charge in [0.1, 0.15) is 5.75 Å². The van der Waals surface area contributed by atoms with Crippen molar-refractivity contribution in [1.82, 2.24) is 25.7 Å². The summed E-state index contributed by atoms with van der Waals surface area (Å²) in [6.07, 6.45) is 9.25. The maximum Gasteiger partial charge on any atom is 0.125 e. The summed E-state index contributed by atoms with van der Waals surface area (Å²) in [7, 11) is 0. The number of aromatic hydroxyl groups is 1. The van der Waals surface area contributed by atoms with Crippen molar-refractivity contribution >= 4 is 18.0 Å². The third-order valence-electron chi connectivity index (χ3n) is 5.24. The van der Waals surface area contributed by atoms with Gasteiger partial charge in [0.05, 0.1) is 17.6 Å². The van der Waals surface area contributed by atoms with Gasteiger partial charge in [0.15, 0.2) is 0 Å². The van der Waals surface area contributed by atoms with Crippen LogP contribution in [0.1, 0.15) is 25.0 Å². The van der Waals surface area contributed by atoms with Crippen LogP contribution in [-0.2, 0) is 0 Å². The predicted molar refractivity (Wildman–Crippen MR) is 107 cm³/mol. The van der Waals surface area contributed by atoms with E-state index in [4.69, 9.17) is 0 Å². The fraction of sp³-hybridized carbons (Fsp3) is 0.250. The highest BCUT2D eigenvalue weighted by molar-refractivity contribution is 5.85. The first-order valence-electron chi connectivity index (χ1n) is 8.90. The van der Waals surface area contributed by atoms with E-state index in [1.165, 1.54) is 18.4 Å². The lowest BCUT2D eigenvalue weighted by Crippen LogP contribution is -2.32. The second kappa shape index (κ2) is 7.13. The highest BCUT2D eigenvalue weighted by atomic mass is 35.5. The zero-order chi connectivity index (χ0) is 17.5. The first-order chi connectivity index (χ1) is 12.8. The average Bonchev–Trinajstić information content (AvgIpc) is 3.32. The van der Waals surface area contributed by atoms with Gasteiger partial charge in [-0.25, -0.2) is 0 Å². The first-order valence-corrected chi connectivity index (χ1v) is 8.90. The molecule has 2 aliphatic heterocycles. The monoisotopic (exact) mass is 381 g/mol. The molecule has 2 unspecified atom stereocenters. The molecule has 3 N–H and O–H groups in total. The van der Waals surface area contributed by atoms with Gasteiger partial charge in [-0.15, -0.1) is 17.5 Å². The van der Waals surface area contributed by atoms with E-state index in [1.807, 2.05) is 24.3 Å². The van der Waals surface area contributed by atoms with Crippen molar-refractivity contribution in [2.45, 2.75) is 31.3 Å². The van der Waals surface area contributed by atoms with Crippen LogP contribution in [0.15, 0.2) is 48.8 Å². The Kier molecular flexibility index (Phi) is 4.68. The second-order valence-electron chi connectivity index (χ2n) is 6.97. The molecule has 0 saturated carbocycles. The normalized spacial score (nSPS) is 20.8. The molecule has 2 atom stereocenters. The molecule has 0 radical (unpaired) electrons. The average molecular weight is 382 g/mol. The number of nitrogens with one attached hydrogen (secondary N) is 2. The zero-order valence-electron chi connectivity index (χ0n) is 14.6. The Balaban J connectivity index is 0.00000180. The third-order valence-corrected chi connectivity index (χ3v) is 5.24. The smallest absolute Gasteiger partial charge is 0.125 e. The summed E-state index contributed by atoms with van der Waals surface area (Å²) in [5.74, 6) is 0.185. The molecule has 138 valence electrons. The summed E-state index contributed by atoms with van der Waals surface area (Å²) >= 11 is 0. The van der Waals surface area contributed by atoms with Crippen molar-refractivity contribution in [3.63, 3.8) is 0 Å². The van der Waals surface area contributed by atoms with Crippen LogP contribution in [0.4, 0.5) is 0 Å². The molecule has 6 nitrogen and oxygen atoms in total. The molecule has 3 aromatic rings. The first kappa shape index (κ1) is 17.7. The number of aromatic amines is 1. The third kappa shape index (κ3) is 3.34. The van der Waals surface area contributed by atoms with Gasteiger partial charge in [0.25, 0.3) is 0 Å². The van der Waals surface area contributed by atoms with Gasteiger partial charge in [-0.2, -0.15) is 10.2 Å². The largest absolute Gasteiger partial charge is 0.507 e. The molecule has 4 heterocycles. The molecule has 2 aliphatic rings. The maximum absolute atomic E-state index is 10.4. The van der Waals surface area contributed by atoms with E-state index in [1.54, 1.807) is 18.5 Å². The SMILES string of the molecule is Cl.Oc1cc(-c2cn[nH]c2)ccc1-c1ccc(C2=CC3CCC(C2)N3)nn1. The van der Waals surface area contributed by atoms with Crippen molar-refractivity contribution in [2.24, 2.45) is 0 Å². The number of benzene rings is 1. The Morgan fingerprint density at radius 1 is 1.00 bits per heavy atom. The van der Waals surface area contributed by atoms with Crippen LogP contribution in [0, 0.1) is 0 Å². The minimum Gasteiger partial charge on any atom is -0.507 e. The van der Waals surface area contributed by atoms with Crippen molar-refractivity contribution in [3.8, 4) is 28.1 Å². The number of phenolic OH excluding ortho intramolecular Hbond substituents is 1. The Morgan fingerprint density at radius 2 is 1.85 bits per heavy atom. The van der Waals surface area contributed by atoms with Gasteiger partial charge in [0.2, 0.25) is 0 Å². The Bertz CT molecular complexity index is 969. The zero-order valence-corrected chi connectivity index (χ0v) is 15.4. The Morgan fingerprint density at radius 3 is 2.56 bits per heavy atom. The number of H-pyrrole nitrogens is 1. The fourth-order valence-electron chi connectivity index (χ4n) is 3.89. The molecule has 2 bridgehead atoms. The van der Waals surface area contributed by atoms with Gasteiger partial charge in [-0.1, -0.05) is 12.1 Å². The highest BCUT2D eigenvalue weighted by Crippen LogP contribution is 2.34. The topological polar surface area (TPSA) is 86.7 Å². The Hall–Kier alpha value is -2.70. The van der Waals surface area contributed by atoms with Gasteiger partial charge < -0.3 is 10.4 Å². The van der Waals surface area contributed by atoms with Gasteiger partial charge in [-0.3, -0.25) is 5.10 Å². The van der Waals surface area contributed by atoms with Crippen LogP contribution in [0.25, 0.3) is 28.0 Å². The molecule has 0 amide bonds. The van der Waals surface area contributed by atoms with Crippen molar-refractivity contribution in [2.75, 3.05) is 0 Å². The number of hydrogen-bond acceptors (Lipinski definition) is 5. The number of hydrogen-bond donors (Lipinski definition) is 3. The second-order valence-corrected chi connectivity index (χ2v) is 6.97. The maximum atomic E-state index is 10.4. The molecule has 1 aromatic carbocycles. The van der Waals surface area contributed by atoms with E-state index in [0.717, 1.165) is 23.2 Å². The number of fused-ring (bicyclic) bond motifs is 2. The van der Waals surface area contributed by atoms with Crippen molar-refractivity contribution < 1.29 is 5.11 Å². The van der Waals surface area contributed by atoms with E-state index in [9.17, 15) is 5.11 Å². The van der Waals surface area contributed by atoms with E-state index >= 15 is 0 Å². The summed E-state index contributed by atoms with van der Waals surface area (Å²) in [5, 5.41) is 29.5. The molecule has 7 heteroatoms.